The molecule has 0 aliphatic rings. The minimum Gasteiger partial charge on any atom is -0.383 e. The Labute approximate surface area is 118 Å². The Kier molecular flexibility index (Phi) is 3.92. The van der Waals surface area contributed by atoms with Gasteiger partial charge in [0.15, 0.2) is 0 Å². The highest BCUT2D eigenvalue weighted by Gasteiger charge is 2.16. The Balaban J connectivity index is 2.33. The summed E-state index contributed by atoms with van der Waals surface area (Å²) in [5, 5.41) is 3.75. The van der Waals surface area contributed by atoms with Gasteiger partial charge in [-0.3, -0.25) is 4.79 Å². The summed E-state index contributed by atoms with van der Waals surface area (Å²) < 4.78 is 1.89. The number of aromatic nitrogens is 3. The molecule has 2 rings (SSSR count). The van der Waals surface area contributed by atoms with Crippen molar-refractivity contribution in [2.45, 2.75) is 34.2 Å². The van der Waals surface area contributed by atoms with E-state index in [-0.39, 0.29) is 12.5 Å². The fourth-order valence-electron chi connectivity index (χ4n) is 2.21. The number of nitrogens with one attached hydrogen (secondary N) is 1. The largest absolute Gasteiger partial charge is 0.383 e. The van der Waals surface area contributed by atoms with E-state index in [1.807, 2.05) is 18.4 Å². The Hall–Kier alpha value is -2.11. The smallest absolute Gasteiger partial charge is 0.240 e. The van der Waals surface area contributed by atoms with E-state index >= 15 is 0 Å². The van der Waals surface area contributed by atoms with Crippen molar-refractivity contribution in [3.63, 3.8) is 0 Å². The van der Waals surface area contributed by atoms with E-state index in [9.17, 15) is 4.79 Å². The van der Waals surface area contributed by atoms with Crippen LogP contribution >= 0.6 is 0 Å². The molecule has 0 atom stereocenters. The maximum atomic E-state index is 12.0. The summed E-state index contributed by atoms with van der Waals surface area (Å²) in [5.74, 6) is 0.869. The molecule has 0 saturated heterocycles. The zero-order chi connectivity index (χ0) is 14.9. The van der Waals surface area contributed by atoms with Crippen LogP contribution in [0.15, 0.2) is 6.33 Å². The third-order valence-electron chi connectivity index (χ3n) is 3.44. The molecular weight excluding hydrogens is 254 g/mol. The van der Waals surface area contributed by atoms with E-state index in [4.69, 9.17) is 5.73 Å². The molecule has 0 saturated carbocycles. The van der Waals surface area contributed by atoms with Crippen molar-refractivity contribution in [1.29, 1.82) is 0 Å². The molecule has 6 nitrogen and oxygen atoms in total. The van der Waals surface area contributed by atoms with Crippen molar-refractivity contribution in [1.82, 2.24) is 19.9 Å². The van der Waals surface area contributed by atoms with Gasteiger partial charge in [-0.2, -0.15) is 0 Å². The van der Waals surface area contributed by atoms with E-state index in [1.54, 1.807) is 0 Å². The molecule has 0 fully saturated rings. The van der Waals surface area contributed by atoms with E-state index < -0.39 is 0 Å². The van der Waals surface area contributed by atoms with Crippen molar-refractivity contribution in [2.24, 2.45) is 5.92 Å². The van der Waals surface area contributed by atoms with Crippen LogP contribution in [0.2, 0.25) is 0 Å². The fourth-order valence-corrected chi connectivity index (χ4v) is 2.21. The summed E-state index contributed by atoms with van der Waals surface area (Å²) >= 11 is 0. The second-order valence-electron chi connectivity index (χ2n) is 5.45. The number of amides is 1. The molecule has 2 aromatic rings. The predicted molar refractivity (Wildman–Crippen MR) is 79.3 cm³/mol. The van der Waals surface area contributed by atoms with Gasteiger partial charge in [0, 0.05) is 12.2 Å². The molecule has 6 heteroatoms. The van der Waals surface area contributed by atoms with Crippen LogP contribution in [0.3, 0.4) is 0 Å². The first-order valence-electron chi connectivity index (χ1n) is 6.74. The minimum atomic E-state index is -0.0177. The molecule has 0 bridgehead atoms. The Morgan fingerprint density at radius 2 is 2.10 bits per heavy atom. The van der Waals surface area contributed by atoms with Gasteiger partial charge in [0.25, 0.3) is 0 Å². The van der Waals surface area contributed by atoms with E-state index in [0.29, 0.717) is 23.9 Å². The third-order valence-corrected chi connectivity index (χ3v) is 3.44. The second kappa shape index (κ2) is 5.48. The standard InChI is InChI=1S/C14H21N5O/c1-8(2)5-16-11(20)6-19-10(4)9(3)12-13(15)17-7-18-14(12)19/h7-8H,5-6H2,1-4H3,(H,16,20)(H2,15,17,18). The first-order valence-corrected chi connectivity index (χ1v) is 6.74. The van der Waals surface area contributed by atoms with E-state index in [1.165, 1.54) is 6.33 Å². The average molecular weight is 275 g/mol. The van der Waals surface area contributed by atoms with Crippen LogP contribution in [0.5, 0.6) is 0 Å². The third kappa shape index (κ3) is 2.59. The summed E-state index contributed by atoms with van der Waals surface area (Å²) in [6, 6.07) is 0. The monoisotopic (exact) mass is 275 g/mol. The van der Waals surface area contributed by atoms with Crippen molar-refractivity contribution in [3.8, 4) is 0 Å². The molecular formula is C14H21N5O. The molecule has 1 amide bonds. The highest BCUT2D eigenvalue weighted by atomic mass is 16.1. The Bertz CT molecular complexity index is 645. The molecule has 2 heterocycles. The van der Waals surface area contributed by atoms with Crippen LogP contribution in [0, 0.1) is 19.8 Å². The summed E-state index contributed by atoms with van der Waals surface area (Å²) in [5.41, 5.74) is 8.63. The lowest BCUT2D eigenvalue weighted by atomic mass is 10.2. The number of anilines is 1. The summed E-state index contributed by atoms with van der Waals surface area (Å²) in [7, 11) is 0. The number of nitrogens with two attached hydrogens (primary N) is 1. The number of hydrogen-bond acceptors (Lipinski definition) is 4. The molecule has 20 heavy (non-hydrogen) atoms. The number of fused-ring (bicyclic) bond motifs is 1. The molecule has 0 aliphatic heterocycles. The van der Waals surface area contributed by atoms with Crippen LogP contribution < -0.4 is 11.1 Å². The molecule has 0 unspecified atom stereocenters. The number of nitrogens with zero attached hydrogens (tertiary/aromatic N) is 3. The number of rotatable bonds is 4. The summed E-state index contributed by atoms with van der Waals surface area (Å²) in [4.78, 5) is 20.3. The molecule has 108 valence electrons. The van der Waals surface area contributed by atoms with Gasteiger partial charge in [-0.05, 0) is 25.3 Å². The Morgan fingerprint density at radius 1 is 1.40 bits per heavy atom. The fraction of sp³-hybridized carbons (Fsp3) is 0.500. The van der Waals surface area contributed by atoms with Crippen LogP contribution in [0.25, 0.3) is 11.0 Å². The lowest BCUT2D eigenvalue weighted by Gasteiger charge is -2.10. The van der Waals surface area contributed by atoms with Crippen LogP contribution in [-0.2, 0) is 11.3 Å². The van der Waals surface area contributed by atoms with Crippen molar-refractivity contribution in [3.05, 3.63) is 17.6 Å². The van der Waals surface area contributed by atoms with Gasteiger partial charge in [-0.25, -0.2) is 9.97 Å². The van der Waals surface area contributed by atoms with Gasteiger partial charge < -0.3 is 15.6 Å². The van der Waals surface area contributed by atoms with Gasteiger partial charge in [-0.1, -0.05) is 13.8 Å². The van der Waals surface area contributed by atoms with Crippen molar-refractivity contribution >= 4 is 22.8 Å². The maximum Gasteiger partial charge on any atom is 0.240 e. The maximum absolute atomic E-state index is 12.0. The lowest BCUT2D eigenvalue weighted by molar-refractivity contribution is -0.121. The zero-order valence-corrected chi connectivity index (χ0v) is 12.4. The number of hydrogen-bond donors (Lipinski definition) is 2. The highest BCUT2D eigenvalue weighted by molar-refractivity contribution is 5.91. The Morgan fingerprint density at radius 3 is 2.75 bits per heavy atom. The molecule has 3 N–H and O–H groups in total. The number of carbonyl (C=O) groups excluding carboxylic acids is 1. The highest BCUT2D eigenvalue weighted by Crippen LogP contribution is 2.26. The van der Waals surface area contributed by atoms with Gasteiger partial charge in [0.1, 0.15) is 24.3 Å². The SMILES string of the molecule is Cc1c(C)n(CC(=O)NCC(C)C)c2ncnc(N)c12. The van der Waals surface area contributed by atoms with Crippen molar-refractivity contribution < 1.29 is 4.79 Å². The van der Waals surface area contributed by atoms with Crippen LogP contribution in [0.4, 0.5) is 5.82 Å². The van der Waals surface area contributed by atoms with Gasteiger partial charge in [-0.15, -0.1) is 0 Å². The first kappa shape index (κ1) is 14.3. The van der Waals surface area contributed by atoms with Gasteiger partial charge >= 0.3 is 0 Å². The van der Waals surface area contributed by atoms with E-state index in [2.05, 4.69) is 29.1 Å². The average Bonchev–Trinajstić information content (AvgIpc) is 2.63. The quantitative estimate of drug-likeness (QED) is 0.883. The number of carbonyl (C=O) groups is 1. The van der Waals surface area contributed by atoms with Gasteiger partial charge in [0.2, 0.25) is 5.91 Å². The minimum absolute atomic E-state index is 0.0177. The zero-order valence-electron chi connectivity index (χ0n) is 12.4. The summed E-state index contributed by atoms with van der Waals surface area (Å²) in [6.45, 7) is 8.99. The molecule has 2 aromatic heterocycles. The van der Waals surface area contributed by atoms with Gasteiger partial charge in [0.05, 0.1) is 5.39 Å². The normalized spacial score (nSPS) is 11.2. The summed E-state index contributed by atoms with van der Waals surface area (Å²) in [6.07, 6.45) is 1.43. The first-order chi connectivity index (χ1) is 9.41. The van der Waals surface area contributed by atoms with Crippen LogP contribution in [0.1, 0.15) is 25.1 Å². The number of aryl methyl sites for hydroxylation is 1. The van der Waals surface area contributed by atoms with E-state index in [0.717, 1.165) is 16.6 Å². The van der Waals surface area contributed by atoms with Crippen molar-refractivity contribution in [2.75, 3.05) is 12.3 Å². The molecule has 0 spiro atoms. The number of nitrogen functional groups attached to an aromatic ring is 1. The molecule has 0 aromatic carbocycles. The lowest BCUT2D eigenvalue weighted by Crippen LogP contribution is -2.31. The molecule has 0 radical (unpaired) electrons. The topological polar surface area (TPSA) is 85.8 Å². The second-order valence-corrected chi connectivity index (χ2v) is 5.45. The molecule has 0 aliphatic carbocycles. The van der Waals surface area contributed by atoms with Crippen LogP contribution in [-0.4, -0.2) is 27.0 Å². The predicted octanol–water partition coefficient (Wildman–Crippen LogP) is 1.40.